The molecule has 154 valence electrons. The van der Waals surface area contributed by atoms with Crippen LogP contribution in [-0.4, -0.2) is 0 Å². The Bertz CT molecular complexity index is 457. The quantitative estimate of drug-likeness (QED) is 0.441. The zero-order chi connectivity index (χ0) is 19.1. The molecule has 3 rings (SSSR count). The molecule has 3 saturated carbocycles. The van der Waals surface area contributed by atoms with Crippen LogP contribution in [0, 0.1) is 46.3 Å². The van der Waals surface area contributed by atoms with Gasteiger partial charge in [0.2, 0.25) is 0 Å². The fourth-order valence-electron chi connectivity index (χ4n) is 7.20. The molecule has 0 N–H and O–H groups in total. The van der Waals surface area contributed by atoms with Crippen molar-refractivity contribution in [2.75, 3.05) is 0 Å². The van der Waals surface area contributed by atoms with Crippen LogP contribution in [0.4, 0.5) is 0 Å². The number of hydrogen-bond acceptors (Lipinski definition) is 1. The molecule has 3 aliphatic carbocycles. The van der Waals surface area contributed by atoms with Crippen molar-refractivity contribution in [2.24, 2.45) is 35.0 Å². The summed E-state index contributed by atoms with van der Waals surface area (Å²) >= 11 is 0. The molecule has 0 bridgehead atoms. The molecule has 2 atom stereocenters. The first kappa shape index (κ1) is 21.2. The first-order chi connectivity index (χ1) is 13.2. The first-order valence-corrected chi connectivity index (χ1v) is 12.6. The molecule has 1 heteroatoms. The Labute approximate surface area is 169 Å². The van der Waals surface area contributed by atoms with E-state index in [0.717, 1.165) is 36.0 Å². The molecular formula is C26H45N. The molecule has 0 radical (unpaired) electrons. The van der Waals surface area contributed by atoms with Crippen LogP contribution in [0.3, 0.4) is 0 Å². The van der Waals surface area contributed by atoms with E-state index in [1.807, 2.05) is 0 Å². The van der Waals surface area contributed by atoms with Crippen molar-refractivity contribution in [3.8, 4) is 6.07 Å². The third kappa shape index (κ3) is 5.52. The average molecular weight is 372 g/mol. The fourth-order valence-corrected chi connectivity index (χ4v) is 7.20. The van der Waals surface area contributed by atoms with E-state index in [2.05, 4.69) is 19.9 Å². The van der Waals surface area contributed by atoms with Gasteiger partial charge in [-0.3, -0.25) is 0 Å². The molecule has 1 nitrogen and oxygen atoms in total. The van der Waals surface area contributed by atoms with Gasteiger partial charge < -0.3 is 0 Å². The van der Waals surface area contributed by atoms with Crippen molar-refractivity contribution in [3.05, 3.63) is 0 Å². The predicted molar refractivity (Wildman–Crippen MR) is 115 cm³/mol. The highest BCUT2D eigenvalue weighted by atomic mass is 14.5. The Balaban J connectivity index is 1.43. The van der Waals surface area contributed by atoms with E-state index in [9.17, 15) is 5.26 Å². The van der Waals surface area contributed by atoms with E-state index in [-0.39, 0.29) is 5.41 Å². The molecule has 0 aromatic carbocycles. The van der Waals surface area contributed by atoms with Crippen molar-refractivity contribution < 1.29 is 0 Å². The maximum Gasteiger partial charge on any atom is 0.0689 e. The van der Waals surface area contributed by atoms with Gasteiger partial charge in [0.05, 0.1) is 11.5 Å². The van der Waals surface area contributed by atoms with E-state index in [0.29, 0.717) is 0 Å². The van der Waals surface area contributed by atoms with Gasteiger partial charge >= 0.3 is 0 Å². The molecule has 0 spiro atoms. The largest absolute Gasteiger partial charge is 0.198 e. The second-order valence-corrected chi connectivity index (χ2v) is 10.6. The minimum Gasteiger partial charge on any atom is -0.198 e. The average Bonchev–Trinajstić information content (AvgIpc) is 2.73. The second kappa shape index (κ2) is 10.3. The summed E-state index contributed by atoms with van der Waals surface area (Å²) in [6, 6.07) is 2.77. The fraction of sp³-hybridized carbons (Fsp3) is 0.962. The van der Waals surface area contributed by atoms with Gasteiger partial charge in [-0.05, 0) is 87.4 Å². The number of rotatable bonds is 7. The maximum atomic E-state index is 9.83. The number of unbranched alkanes of at least 4 members (excludes halogenated alkanes) is 1. The van der Waals surface area contributed by atoms with Gasteiger partial charge in [0.15, 0.2) is 0 Å². The van der Waals surface area contributed by atoms with Gasteiger partial charge in [-0.2, -0.15) is 5.26 Å². The lowest BCUT2D eigenvalue weighted by Gasteiger charge is -2.43. The van der Waals surface area contributed by atoms with Gasteiger partial charge in [-0.25, -0.2) is 0 Å². The Kier molecular flexibility index (Phi) is 8.10. The lowest BCUT2D eigenvalue weighted by molar-refractivity contribution is 0.0820. The minimum atomic E-state index is 0.0331. The standard InChI is InChI=1S/C26H45N/c1-3-5-7-21-9-11-22(12-10-21)23-13-15-24(16-14-23)25-8-6-18-26(19-25,20-27)17-4-2/h21-25H,3-19H2,1-2H3/t21-,22-,23-,24-,25?,26?. The van der Waals surface area contributed by atoms with Gasteiger partial charge in [0.25, 0.3) is 0 Å². The molecule has 2 unspecified atom stereocenters. The lowest BCUT2D eigenvalue weighted by atomic mass is 9.61. The summed E-state index contributed by atoms with van der Waals surface area (Å²) in [5.74, 6) is 4.93. The van der Waals surface area contributed by atoms with Crippen LogP contribution in [0.2, 0.25) is 0 Å². The molecule has 0 saturated heterocycles. The number of nitrogens with zero attached hydrogens (tertiary/aromatic N) is 1. The van der Waals surface area contributed by atoms with Gasteiger partial charge in [0.1, 0.15) is 0 Å². The summed E-state index contributed by atoms with van der Waals surface area (Å²) < 4.78 is 0. The molecule has 3 aliphatic rings. The number of nitriles is 1. The molecular weight excluding hydrogens is 326 g/mol. The van der Waals surface area contributed by atoms with Crippen molar-refractivity contribution in [2.45, 2.75) is 123 Å². The molecule has 0 amide bonds. The Morgan fingerprint density at radius 3 is 1.93 bits per heavy atom. The van der Waals surface area contributed by atoms with Crippen molar-refractivity contribution in [1.29, 1.82) is 5.26 Å². The van der Waals surface area contributed by atoms with E-state index in [1.165, 1.54) is 103 Å². The van der Waals surface area contributed by atoms with Gasteiger partial charge in [-0.15, -0.1) is 0 Å². The first-order valence-electron chi connectivity index (χ1n) is 12.6. The van der Waals surface area contributed by atoms with E-state index in [1.54, 1.807) is 0 Å². The topological polar surface area (TPSA) is 23.8 Å². The van der Waals surface area contributed by atoms with Crippen LogP contribution in [0.5, 0.6) is 0 Å². The summed E-state index contributed by atoms with van der Waals surface area (Å²) in [5, 5.41) is 9.83. The zero-order valence-corrected chi connectivity index (χ0v) is 18.4. The molecule has 0 aromatic heterocycles. The van der Waals surface area contributed by atoms with Gasteiger partial charge in [0, 0.05) is 0 Å². The summed E-state index contributed by atoms with van der Waals surface area (Å²) in [7, 11) is 0. The second-order valence-electron chi connectivity index (χ2n) is 10.6. The summed E-state index contributed by atoms with van der Waals surface area (Å²) in [4.78, 5) is 0. The molecule has 0 heterocycles. The van der Waals surface area contributed by atoms with E-state index >= 15 is 0 Å². The number of hydrogen-bond donors (Lipinski definition) is 0. The van der Waals surface area contributed by atoms with Crippen molar-refractivity contribution in [3.63, 3.8) is 0 Å². The molecule has 27 heavy (non-hydrogen) atoms. The van der Waals surface area contributed by atoms with Crippen LogP contribution in [0.25, 0.3) is 0 Å². The van der Waals surface area contributed by atoms with Crippen molar-refractivity contribution >= 4 is 0 Å². The third-order valence-electron chi connectivity index (χ3n) is 8.86. The highest BCUT2D eigenvalue weighted by Crippen LogP contribution is 2.50. The van der Waals surface area contributed by atoms with Crippen LogP contribution >= 0.6 is 0 Å². The predicted octanol–water partition coefficient (Wildman–Crippen LogP) is 8.29. The SMILES string of the molecule is CCCC[C@H]1CC[C@H]([C@H]2CC[C@H](C3CCCC(C#N)(CCC)C3)CC2)CC1. The normalized spacial score (nSPS) is 40.4. The summed E-state index contributed by atoms with van der Waals surface area (Å²) in [5.41, 5.74) is 0.0331. The Morgan fingerprint density at radius 2 is 1.37 bits per heavy atom. The van der Waals surface area contributed by atoms with Crippen LogP contribution in [-0.2, 0) is 0 Å². The smallest absolute Gasteiger partial charge is 0.0689 e. The summed E-state index contributed by atoms with van der Waals surface area (Å²) in [6.07, 6.45) is 23.8. The van der Waals surface area contributed by atoms with Gasteiger partial charge in [-0.1, -0.05) is 65.2 Å². The van der Waals surface area contributed by atoms with Crippen LogP contribution in [0.15, 0.2) is 0 Å². The summed E-state index contributed by atoms with van der Waals surface area (Å²) in [6.45, 7) is 4.59. The van der Waals surface area contributed by atoms with E-state index in [4.69, 9.17) is 0 Å². The van der Waals surface area contributed by atoms with Crippen LogP contribution < -0.4 is 0 Å². The Morgan fingerprint density at radius 1 is 0.778 bits per heavy atom. The third-order valence-corrected chi connectivity index (χ3v) is 8.86. The maximum absolute atomic E-state index is 9.83. The highest BCUT2D eigenvalue weighted by molar-refractivity contribution is 5.03. The highest BCUT2D eigenvalue weighted by Gasteiger charge is 2.40. The van der Waals surface area contributed by atoms with Crippen LogP contribution in [0.1, 0.15) is 123 Å². The lowest BCUT2D eigenvalue weighted by Crippen LogP contribution is -2.34. The minimum absolute atomic E-state index is 0.0331. The molecule has 0 aromatic rings. The van der Waals surface area contributed by atoms with E-state index < -0.39 is 0 Å². The molecule has 0 aliphatic heterocycles. The van der Waals surface area contributed by atoms with Crippen molar-refractivity contribution in [1.82, 2.24) is 0 Å². The zero-order valence-electron chi connectivity index (χ0n) is 18.4. The monoisotopic (exact) mass is 371 g/mol. The molecule has 3 fully saturated rings. The Hall–Kier alpha value is -0.510.